The molecular weight excluding hydrogens is 336 g/mol. The summed E-state index contributed by atoms with van der Waals surface area (Å²) >= 11 is 0. The highest BCUT2D eigenvalue weighted by Crippen LogP contribution is 2.29. The first-order chi connectivity index (χ1) is 11.7. The van der Waals surface area contributed by atoms with E-state index in [1.54, 1.807) is 24.3 Å². The van der Waals surface area contributed by atoms with Crippen LogP contribution >= 0.6 is 0 Å². The number of amides is 1. The maximum Gasteiger partial charge on any atom is 0.241 e. The monoisotopic (exact) mass is 366 g/mol. The number of hydrogen-bond acceptors (Lipinski definition) is 3. The SMILES string of the molecule is CCC(NS(=O)(=O)c1ccc(C)cc1)C(=O)NC1CCCC(C)C1C. The molecule has 5 nitrogen and oxygen atoms in total. The van der Waals surface area contributed by atoms with E-state index < -0.39 is 16.1 Å². The molecule has 140 valence electrons. The summed E-state index contributed by atoms with van der Waals surface area (Å²) in [5, 5.41) is 3.07. The smallest absolute Gasteiger partial charge is 0.241 e. The predicted octanol–water partition coefficient (Wildman–Crippen LogP) is 2.99. The lowest BCUT2D eigenvalue weighted by molar-refractivity contribution is -0.124. The fourth-order valence-corrected chi connectivity index (χ4v) is 4.64. The lowest BCUT2D eigenvalue weighted by Crippen LogP contribution is -2.52. The van der Waals surface area contributed by atoms with Crippen LogP contribution in [0.15, 0.2) is 29.2 Å². The second-order valence-corrected chi connectivity index (χ2v) is 8.99. The van der Waals surface area contributed by atoms with Gasteiger partial charge in [0, 0.05) is 6.04 Å². The van der Waals surface area contributed by atoms with Crippen molar-refractivity contribution >= 4 is 15.9 Å². The molecule has 2 N–H and O–H groups in total. The zero-order valence-corrected chi connectivity index (χ0v) is 16.4. The highest BCUT2D eigenvalue weighted by atomic mass is 32.2. The first-order valence-corrected chi connectivity index (χ1v) is 10.6. The predicted molar refractivity (Wildman–Crippen MR) is 99.7 cm³/mol. The first-order valence-electron chi connectivity index (χ1n) is 9.14. The zero-order chi connectivity index (χ0) is 18.6. The molecule has 2 rings (SSSR count). The van der Waals surface area contributed by atoms with Crippen LogP contribution < -0.4 is 10.0 Å². The summed E-state index contributed by atoms with van der Waals surface area (Å²) in [6.45, 7) is 8.08. The van der Waals surface area contributed by atoms with Crippen molar-refractivity contribution in [1.82, 2.24) is 10.0 Å². The van der Waals surface area contributed by atoms with Gasteiger partial charge in [0.1, 0.15) is 6.04 Å². The summed E-state index contributed by atoms with van der Waals surface area (Å²) in [5.74, 6) is 0.747. The Morgan fingerprint density at radius 2 is 1.84 bits per heavy atom. The average Bonchev–Trinajstić information content (AvgIpc) is 2.57. The lowest BCUT2D eigenvalue weighted by Gasteiger charge is -2.35. The van der Waals surface area contributed by atoms with Gasteiger partial charge in [0.2, 0.25) is 15.9 Å². The highest BCUT2D eigenvalue weighted by Gasteiger charge is 2.31. The van der Waals surface area contributed by atoms with Crippen LogP contribution in [0.1, 0.15) is 52.0 Å². The van der Waals surface area contributed by atoms with Crippen LogP contribution in [0.2, 0.25) is 0 Å². The van der Waals surface area contributed by atoms with Gasteiger partial charge in [0.05, 0.1) is 4.90 Å². The van der Waals surface area contributed by atoms with Gasteiger partial charge in [-0.3, -0.25) is 4.79 Å². The molecule has 1 aromatic carbocycles. The molecule has 1 fully saturated rings. The molecule has 1 aliphatic carbocycles. The fourth-order valence-electron chi connectivity index (χ4n) is 3.36. The van der Waals surface area contributed by atoms with E-state index >= 15 is 0 Å². The number of hydrogen-bond donors (Lipinski definition) is 2. The minimum absolute atomic E-state index is 0.120. The van der Waals surface area contributed by atoms with E-state index in [0.717, 1.165) is 18.4 Å². The quantitative estimate of drug-likeness (QED) is 0.813. The third-order valence-electron chi connectivity index (χ3n) is 5.39. The van der Waals surface area contributed by atoms with Crippen LogP contribution in [0.25, 0.3) is 0 Å². The topological polar surface area (TPSA) is 75.3 Å². The van der Waals surface area contributed by atoms with Gasteiger partial charge in [-0.05, 0) is 43.7 Å². The molecule has 0 heterocycles. The Kier molecular flexibility index (Phi) is 6.63. The molecular formula is C19H30N2O3S. The van der Waals surface area contributed by atoms with E-state index in [9.17, 15) is 13.2 Å². The fraction of sp³-hybridized carbons (Fsp3) is 0.632. The van der Waals surface area contributed by atoms with Gasteiger partial charge in [-0.25, -0.2) is 8.42 Å². The van der Waals surface area contributed by atoms with Gasteiger partial charge in [-0.2, -0.15) is 4.72 Å². The van der Waals surface area contributed by atoms with Crippen molar-refractivity contribution in [3.8, 4) is 0 Å². The highest BCUT2D eigenvalue weighted by molar-refractivity contribution is 7.89. The Morgan fingerprint density at radius 3 is 2.44 bits per heavy atom. The Bertz CT molecular complexity index is 685. The molecule has 25 heavy (non-hydrogen) atoms. The molecule has 4 atom stereocenters. The second-order valence-electron chi connectivity index (χ2n) is 7.28. The molecule has 1 aromatic rings. The number of nitrogens with one attached hydrogen (secondary N) is 2. The maximum atomic E-state index is 12.6. The summed E-state index contributed by atoms with van der Waals surface area (Å²) in [7, 11) is -3.71. The second kappa shape index (κ2) is 8.32. The van der Waals surface area contributed by atoms with Crippen molar-refractivity contribution in [2.75, 3.05) is 0 Å². The molecule has 6 heteroatoms. The van der Waals surface area contributed by atoms with Crippen LogP contribution in [0.5, 0.6) is 0 Å². The third-order valence-corrected chi connectivity index (χ3v) is 6.88. The summed E-state index contributed by atoms with van der Waals surface area (Å²) in [6, 6.07) is 5.99. The minimum Gasteiger partial charge on any atom is -0.352 e. The number of carbonyl (C=O) groups excluding carboxylic acids is 1. The maximum absolute atomic E-state index is 12.6. The minimum atomic E-state index is -3.71. The number of aryl methyl sites for hydroxylation is 1. The Labute approximate surface area is 151 Å². The zero-order valence-electron chi connectivity index (χ0n) is 15.6. The van der Waals surface area contributed by atoms with Crippen molar-refractivity contribution < 1.29 is 13.2 Å². The number of sulfonamides is 1. The summed E-state index contributed by atoms with van der Waals surface area (Å²) in [5.41, 5.74) is 0.990. The lowest BCUT2D eigenvalue weighted by atomic mass is 9.78. The Morgan fingerprint density at radius 1 is 1.20 bits per heavy atom. The normalized spacial score (nSPS) is 25.4. The van der Waals surface area contributed by atoms with Crippen LogP contribution in [-0.4, -0.2) is 26.4 Å². The van der Waals surface area contributed by atoms with Gasteiger partial charge in [-0.15, -0.1) is 0 Å². The van der Waals surface area contributed by atoms with Crippen molar-refractivity contribution in [2.24, 2.45) is 11.8 Å². The van der Waals surface area contributed by atoms with E-state index in [0.29, 0.717) is 18.3 Å². The number of benzene rings is 1. The van der Waals surface area contributed by atoms with Gasteiger partial charge >= 0.3 is 0 Å². The molecule has 0 radical (unpaired) electrons. The molecule has 4 unspecified atom stereocenters. The van der Waals surface area contributed by atoms with Gasteiger partial charge in [0.25, 0.3) is 0 Å². The molecule has 1 saturated carbocycles. The van der Waals surface area contributed by atoms with E-state index in [-0.39, 0.29) is 16.8 Å². The molecule has 0 spiro atoms. The number of carbonyl (C=O) groups is 1. The summed E-state index contributed by atoms with van der Waals surface area (Å²) in [4.78, 5) is 12.8. The summed E-state index contributed by atoms with van der Waals surface area (Å²) in [6.07, 6.45) is 3.65. The van der Waals surface area contributed by atoms with Crippen molar-refractivity contribution in [3.05, 3.63) is 29.8 Å². The van der Waals surface area contributed by atoms with E-state index in [2.05, 4.69) is 23.9 Å². The standard InChI is InChI=1S/C19H30N2O3S/c1-5-17(19(22)20-18-8-6-7-14(3)15(18)4)21-25(23,24)16-11-9-13(2)10-12-16/h9-12,14-15,17-18,21H,5-8H2,1-4H3,(H,20,22). The molecule has 0 aliphatic heterocycles. The molecule has 0 bridgehead atoms. The van der Waals surface area contributed by atoms with E-state index in [1.807, 2.05) is 13.8 Å². The summed E-state index contributed by atoms with van der Waals surface area (Å²) < 4.78 is 27.6. The van der Waals surface area contributed by atoms with Crippen LogP contribution in [0, 0.1) is 18.8 Å². The van der Waals surface area contributed by atoms with Crippen LogP contribution in [0.4, 0.5) is 0 Å². The largest absolute Gasteiger partial charge is 0.352 e. The average molecular weight is 367 g/mol. The molecule has 0 saturated heterocycles. The third kappa shape index (κ3) is 5.05. The van der Waals surface area contributed by atoms with Gasteiger partial charge in [0.15, 0.2) is 0 Å². The van der Waals surface area contributed by atoms with Crippen LogP contribution in [-0.2, 0) is 14.8 Å². The Hall–Kier alpha value is -1.40. The molecule has 1 aliphatic rings. The molecule has 0 aromatic heterocycles. The molecule has 1 amide bonds. The van der Waals surface area contributed by atoms with Gasteiger partial charge in [-0.1, -0.05) is 51.3 Å². The van der Waals surface area contributed by atoms with E-state index in [4.69, 9.17) is 0 Å². The van der Waals surface area contributed by atoms with Gasteiger partial charge < -0.3 is 5.32 Å². The number of rotatable bonds is 6. The van der Waals surface area contributed by atoms with Crippen LogP contribution in [0.3, 0.4) is 0 Å². The first kappa shape index (κ1) is 19.9. The van der Waals surface area contributed by atoms with E-state index in [1.165, 1.54) is 6.42 Å². The Balaban J connectivity index is 2.05. The van der Waals surface area contributed by atoms with Crippen molar-refractivity contribution in [2.45, 2.75) is 70.4 Å². The van der Waals surface area contributed by atoms with Crippen molar-refractivity contribution in [3.63, 3.8) is 0 Å². The van der Waals surface area contributed by atoms with Crippen molar-refractivity contribution in [1.29, 1.82) is 0 Å².